The van der Waals surface area contributed by atoms with Crippen LogP contribution in [0.25, 0.3) is 0 Å². The lowest BCUT2D eigenvalue weighted by atomic mass is 9.90. The fourth-order valence-corrected chi connectivity index (χ4v) is 5.62. The van der Waals surface area contributed by atoms with E-state index in [1.54, 1.807) is 24.3 Å². The van der Waals surface area contributed by atoms with Crippen LogP contribution in [0.4, 0.5) is 4.79 Å². The molecule has 0 saturated carbocycles. The summed E-state index contributed by atoms with van der Waals surface area (Å²) in [5.41, 5.74) is 2.35. The molecule has 0 aliphatic carbocycles. The summed E-state index contributed by atoms with van der Waals surface area (Å²) >= 11 is 0. The van der Waals surface area contributed by atoms with E-state index in [4.69, 9.17) is 0 Å². The number of urea groups is 1. The second kappa shape index (κ2) is 15.7. The minimum atomic E-state index is -1.08. The molecule has 3 aromatic rings. The van der Waals surface area contributed by atoms with E-state index in [-0.39, 0.29) is 35.9 Å². The second-order valence-corrected chi connectivity index (χ2v) is 10.8. The number of piperidine rings is 1. The van der Waals surface area contributed by atoms with E-state index in [1.807, 2.05) is 71.6 Å². The molecule has 0 bridgehead atoms. The normalized spacial score (nSPS) is 18.8. The average Bonchev–Trinajstić information content (AvgIpc) is 3.01. The Hall–Kier alpha value is -4.24. The van der Waals surface area contributed by atoms with E-state index in [9.17, 15) is 19.7 Å². The van der Waals surface area contributed by atoms with Crippen LogP contribution in [0.2, 0.25) is 0 Å². The van der Waals surface area contributed by atoms with Crippen molar-refractivity contribution in [3.05, 3.63) is 118 Å². The second-order valence-electron chi connectivity index (χ2n) is 10.8. The van der Waals surface area contributed by atoms with Crippen molar-refractivity contribution >= 4 is 11.9 Å². The Morgan fingerprint density at radius 2 is 1.43 bits per heavy atom. The first kappa shape index (κ1) is 30.7. The molecule has 1 heterocycles. The maximum atomic E-state index is 13.1. The van der Waals surface area contributed by atoms with Gasteiger partial charge < -0.3 is 16.0 Å². The van der Waals surface area contributed by atoms with Crippen LogP contribution in [0.15, 0.2) is 91.0 Å². The fraction of sp³-hybridized carbons (Fsp3) is 0.394. The number of hydrogen-bond acceptors (Lipinski definition) is 5. The van der Waals surface area contributed by atoms with Crippen LogP contribution < -0.4 is 16.0 Å². The molecule has 9 nitrogen and oxygen atoms in total. The zero-order chi connectivity index (χ0) is 29.7. The zero-order valence-corrected chi connectivity index (χ0v) is 24.2. The van der Waals surface area contributed by atoms with Gasteiger partial charge in [-0.2, -0.15) is 0 Å². The first-order valence-corrected chi connectivity index (χ1v) is 14.9. The van der Waals surface area contributed by atoms with E-state index >= 15 is 0 Å². The number of rotatable bonds is 13. The van der Waals surface area contributed by atoms with Crippen LogP contribution in [0.1, 0.15) is 73.0 Å². The Labute approximate surface area is 247 Å². The van der Waals surface area contributed by atoms with Gasteiger partial charge in [0.2, 0.25) is 6.04 Å². The Morgan fingerprint density at radius 1 is 0.857 bits per heavy atom. The van der Waals surface area contributed by atoms with Crippen LogP contribution in [0.5, 0.6) is 0 Å². The SMILES string of the molecule is CCCCCCCNC(=O)NC1CC(NC(=O)c2ccccc2)C([N+](=O)[O-])CN1C(c1ccccc1)c1ccccc1. The third-order valence-corrected chi connectivity index (χ3v) is 7.79. The highest BCUT2D eigenvalue weighted by molar-refractivity contribution is 5.94. The van der Waals surface area contributed by atoms with Gasteiger partial charge in [0.1, 0.15) is 6.04 Å². The van der Waals surface area contributed by atoms with E-state index < -0.39 is 18.2 Å². The average molecular weight is 572 g/mol. The maximum absolute atomic E-state index is 13.1. The van der Waals surface area contributed by atoms with Gasteiger partial charge in [0.25, 0.3) is 5.91 Å². The molecule has 9 heteroatoms. The van der Waals surface area contributed by atoms with Crippen molar-refractivity contribution in [2.24, 2.45) is 0 Å². The van der Waals surface area contributed by atoms with E-state index in [1.165, 1.54) is 6.42 Å². The quantitative estimate of drug-likeness (QED) is 0.142. The highest BCUT2D eigenvalue weighted by Crippen LogP contribution is 2.34. The van der Waals surface area contributed by atoms with Crippen molar-refractivity contribution in [1.29, 1.82) is 0 Å². The highest BCUT2D eigenvalue weighted by Gasteiger charge is 2.46. The first-order valence-electron chi connectivity index (χ1n) is 14.9. The van der Waals surface area contributed by atoms with Crippen LogP contribution in [0.3, 0.4) is 0 Å². The molecule has 1 aliphatic heterocycles. The van der Waals surface area contributed by atoms with Crippen LogP contribution in [-0.4, -0.2) is 53.1 Å². The molecule has 3 atom stereocenters. The molecule has 3 amide bonds. The van der Waals surface area contributed by atoms with Crippen molar-refractivity contribution in [2.75, 3.05) is 13.1 Å². The first-order chi connectivity index (χ1) is 20.5. The largest absolute Gasteiger partial charge is 0.342 e. The van der Waals surface area contributed by atoms with Crippen molar-refractivity contribution in [3.8, 4) is 0 Å². The predicted molar refractivity (Wildman–Crippen MR) is 164 cm³/mol. The van der Waals surface area contributed by atoms with Crippen LogP contribution in [0, 0.1) is 10.1 Å². The molecule has 3 unspecified atom stereocenters. The van der Waals surface area contributed by atoms with Gasteiger partial charge in [0, 0.05) is 23.5 Å². The lowest BCUT2D eigenvalue weighted by Crippen LogP contribution is -2.65. The molecule has 0 spiro atoms. The molecular formula is C33H41N5O4. The molecule has 3 N–H and O–H groups in total. The van der Waals surface area contributed by atoms with Crippen LogP contribution >= 0.6 is 0 Å². The van der Waals surface area contributed by atoms with Gasteiger partial charge in [-0.3, -0.25) is 19.8 Å². The number of carbonyl (C=O) groups excluding carboxylic acids is 2. The summed E-state index contributed by atoms with van der Waals surface area (Å²) in [6.45, 7) is 2.75. The summed E-state index contributed by atoms with van der Waals surface area (Å²) in [6, 6.07) is 25.7. The molecule has 1 fully saturated rings. The molecule has 0 radical (unpaired) electrons. The van der Waals surface area contributed by atoms with E-state index in [0.29, 0.717) is 12.1 Å². The van der Waals surface area contributed by atoms with Gasteiger partial charge in [-0.25, -0.2) is 4.79 Å². The summed E-state index contributed by atoms with van der Waals surface area (Å²) in [5, 5.41) is 21.4. The molecule has 222 valence electrons. The van der Waals surface area contributed by atoms with Crippen LogP contribution in [-0.2, 0) is 0 Å². The Morgan fingerprint density at radius 3 is 2.00 bits per heavy atom. The van der Waals surface area contributed by atoms with Crippen molar-refractivity contribution in [3.63, 3.8) is 0 Å². The number of hydrogen-bond donors (Lipinski definition) is 3. The summed E-state index contributed by atoms with van der Waals surface area (Å²) in [6.07, 6.45) is 5.00. The minimum Gasteiger partial charge on any atom is -0.342 e. The fourth-order valence-electron chi connectivity index (χ4n) is 5.62. The number of nitrogens with one attached hydrogen (secondary N) is 3. The number of nitrogens with zero attached hydrogens (tertiary/aromatic N) is 2. The third-order valence-electron chi connectivity index (χ3n) is 7.79. The molecule has 1 aliphatic rings. The smallest absolute Gasteiger partial charge is 0.316 e. The number of benzene rings is 3. The summed E-state index contributed by atoms with van der Waals surface area (Å²) < 4.78 is 0. The zero-order valence-electron chi connectivity index (χ0n) is 24.2. The minimum absolute atomic E-state index is 0.0309. The number of amides is 3. The topological polar surface area (TPSA) is 117 Å². The molecule has 0 aromatic heterocycles. The summed E-state index contributed by atoms with van der Waals surface area (Å²) in [7, 11) is 0. The third kappa shape index (κ3) is 8.39. The molecular weight excluding hydrogens is 530 g/mol. The molecule has 1 saturated heterocycles. The molecule has 4 rings (SSSR count). The van der Waals surface area contributed by atoms with Crippen molar-refractivity contribution in [1.82, 2.24) is 20.9 Å². The van der Waals surface area contributed by atoms with Gasteiger partial charge in [-0.1, -0.05) is 111 Å². The molecule has 3 aromatic carbocycles. The maximum Gasteiger partial charge on any atom is 0.316 e. The number of nitro groups is 1. The predicted octanol–water partition coefficient (Wildman–Crippen LogP) is 5.52. The number of carbonyl (C=O) groups is 2. The molecule has 42 heavy (non-hydrogen) atoms. The Balaban J connectivity index is 1.61. The van der Waals surface area contributed by atoms with Gasteiger partial charge in [-0.05, 0) is 29.7 Å². The summed E-state index contributed by atoms with van der Waals surface area (Å²) in [4.78, 5) is 40.3. The standard InChI is InChI=1S/C33H41N5O4/c1-2-3-4-5-15-22-34-33(40)36-30-23-28(35-32(39)27-20-13-8-14-21-27)29(38(41)42)24-37(30)31(25-16-9-6-10-17-25)26-18-11-7-12-19-26/h6-14,16-21,28-31H,2-5,15,22-24H2,1H3,(H,35,39)(H2,34,36,40). The van der Waals surface area contributed by atoms with E-state index in [2.05, 4.69) is 22.9 Å². The Kier molecular flexibility index (Phi) is 11.5. The van der Waals surface area contributed by atoms with Gasteiger partial charge in [0.15, 0.2) is 0 Å². The van der Waals surface area contributed by atoms with Gasteiger partial charge in [-0.15, -0.1) is 0 Å². The van der Waals surface area contributed by atoms with Crippen molar-refractivity contribution < 1.29 is 14.5 Å². The lowest BCUT2D eigenvalue weighted by molar-refractivity contribution is -0.531. The monoisotopic (exact) mass is 571 g/mol. The highest BCUT2D eigenvalue weighted by atomic mass is 16.6. The van der Waals surface area contributed by atoms with Crippen molar-refractivity contribution in [2.45, 2.75) is 69.7 Å². The lowest BCUT2D eigenvalue weighted by Gasteiger charge is -2.45. The van der Waals surface area contributed by atoms with Gasteiger partial charge in [0.05, 0.1) is 18.8 Å². The summed E-state index contributed by atoms with van der Waals surface area (Å²) in [5.74, 6) is -0.376. The number of likely N-dealkylation sites (tertiary alicyclic amines) is 1. The van der Waals surface area contributed by atoms with Gasteiger partial charge >= 0.3 is 6.03 Å². The number of unbranched alkanes of at least 4 members (excludes halogenated alkanes) is 4. The Bertz CT molecular complexity index is 1240. The van der Waals surface area contributed by atoms with E-state index in [0.717, 1.165) is 36.8 Å².